The summed E-state index contributed by atoms with van der Waals surface area (Å²) in [5.41, 5.74) is 2.75. The molecule has 6 nitrogen and oxygen atoms in total. The molecule has 1 aliphatic rings. The molecule has 0 aromatic heterocycles. The molecule has 0 radical (unpaired) electrons. The largest absolute Gasteiger partial charge is 0.373 e. The van der Waals surface area contributed by atoms with E-state index in [1.54, 1.807) is 6.07 Å². The summed E-state index contributed by atoms with van der Waals surface area (Å²) in [5, 5.41) is 15.5. The van der Waals surface area contributed by atoms with Crippen LogP contribution in [0.3, 0.4) is 0 Å². The number of nitrogens with zero attached hydrogens (tertiary/aromatic N) is 3. The van der Waals surface area contributed by atoms with Crippen LogP contribution >= 0.6 is 11.6 Å². The number of rotatable bonds is 5. The highest BCUT2D eigenvalue weighted by Crippen LogP contribution is 2.33. The number of piperazine rings is 1. The lowest BCUT2D eigenvalue weighted by molar-refractivity contribution is -0.384. The number of benzene rings is 2. The highest BCUT2D eigenvalue weighted by atomic mass is 35.5. The predicted octanol–water partition coefficient (Wildman–Crippen LogP) is 5.34. The van der Waals surface area contributed by atoms with Gasteiger partial charge in [-0.3, -0.25) is 15.0 Å². The van der Waals surface area contributed by atoms with Crippen LogP contribution in [-0.2, 0) is 0 Å². The highest BCUT2D eigenvalue weighted by molar-refractivity contribution is 6.30. The second-order valence-electron chi connectivity index (χ2n) is 8.52. The van der Waals surface area contributed by atoms with Crippen LogP contribution in [0.15, 0.2) is 42.5 Å². The van der Waals surface area contributed by atoms with Gasteiger partial charge in [-0.1, -0.05) is 23.7 Å². The SMILES string of the molecule is CC(Nc1cc(N2CCN(C(C)(C)C)CC2)ccc1[N+](=O)[O-])c1cccc(Cl)c1. The monoisotopic (exact) mass is 416 g/mol. The van der Waals surface area contributed by atoms with Gasteiger partial charge in [0.1, 0.15) is 5.69 Å². The normalized spacial score (nSPS) is 16.5. The van der Waals surface area contributed by atoms with Gasteiger partial charge in [0.2, 0.25) is 0 Å². The van der Waals surface area contributed by atoms with Gasteiger partial charge in [0.25, 0.3) is 5.69 Å². The van der Waals surface area contributed by atoms with Crippen molar-refractivity contribution in [1.82, 2.24) is 4.90 Å². The van der Waals surface area contributed by atoms with Gasteiger partial charge >= 0.3 is 0 Å². The molecule has 0 bridgehead atoms. The van der Waals surface area contributed by atoms with Crippen molar-refractivity contribution in [2.45, 2.75) is 39.3 Å². The second kappa shape index (κ2) is 8.59. The van der Waals surface area contributed by atoms with E-state index in [0.717, 1.165) is 37.4 Å². The number of nitro groups is 1. The minimum atomic E-state index is -0.339. The molecule has 1 aliphatic heterocycles. The lowest BCUT2D eigenvalue weighted by atomic mass is 10.0. The quantitative estimate of drug-likeness (QED) is 0.526. The molecule has 1 atom stereocenters. The molecule has 0 spiro atoms. The van der Waals surface area contributed by atoms with Gasteiger partial charge in [-0.25, -0.2) is 0 Å². The standard InChI is InChI=1S/C22H29ClN4O2/c1-16(17-6-5-7-18(23)14-17)24-20-15-19(8-9-21(20)27(28)29)25-10-12-26(13-11-25)22(2,3)4/h5-9,14-16,24H,10-13H2,1-4H3. The summed E-state index contributed by atoms with van der Waals surface area (Å²) in [4.78, 5) is 16.0. The highest BCUT2D eigenvalue weighted by Gasteiger charge is 2.27. The van der Waals surface area contributed by atoms with Crippen LogP contribution in [0.5, 0.6) is 0 Å². The van der Waals surface area contributed by atoms with Crippen molar-refractivity contribution in [2.24, 2.45) is 0 Å². The molecule has 1 heterocycles. The Kier molecular flexibility index (Phi) is 6.34. The first-order valence-corrected chi connectivity index (χ1v) is 10.3. The Morgan fingerprint density at radius 2 is 1.79 bits per heavy atom. The molecule has 1 unspecified atom stereocenters. The van der Waals surface area contributed by atoms with Crippen molar-refractivity contribution in [1.29, 1.82) is 0 Å². The molecule has 29 heavy (non-hydrogen) atoms. The van der Waals surface area contributed by atoms with Crippen molar-refractivity contribution in [3.63, 3.8) is 0 Å². The van der Waals surface area contributed by atoms with E-state index in [-0.39, 0.29) is 22.2 Å². The van der Waals surface area contributed by atoms with Crippen LogP contribution in [0.4, 0.5) is 17.1 Å². The van der Waals surface area contributed by atoms with Crippen LogP contribution in [0.1, 0.15) is 39.3 Å². The van der Waals surface area contributed by atoms with Gasteiger partial charge in [-0.2, -0.15) is 0 Å². The van der Waals surface area contributed by atoms with E-state index in [4.69, 9.17) is 11.6 Å². The zero-order valence-corrected chi connectivity index (χ0v) is 18.2. The summed E-state index contributed by atoms with van der Waals surface area (Å²) >= 11 is 6.10. The Bertz CT molecular complexity index is 873. The lowest BCUT2D eigenvalue weighted by Gasteiger charge is -2.43. The summed E-state index contributed by atoms with van der Waals surface area (Å²) < 4.78 is 0. The topological polar surface area (TPSA) is 61.6 Å². The Balaban J connectivity index is 1.80. The third-order valence-electron chi connectivity index (χ3n) is 5.49. The Morgan fingerprint density at radius 1 is 1.10 bits per heavy atom. The summed E-state index contributed by atoms with van der Waals surface area (Å²) in [6.07, 6.45) is 0. The summed E-state index contributed by atoms with van der Waals surface area (Å²) in [6, 6.07) is 12.8. The van der Waals surface area contributed by atoms with Crippen molar-refractivity contribution < 1.29 is 4.92 Å². The zero-order chi connectivity index (χ0) is 21.2. The number of nitrogens with one attached hydrogen (secondary N) is 1. The number of halogens is 1. The summed E-state index contributed by atoms with van der Waals surface area (Å²) in [5.74, 6) is 0. The fraction of sp³-hybridized carbons (Fsp3) is 0.455. The van der Waals surface area contributed by atoms with Gasteiger partial charge in [0.15, 0.2) is 0 Å². The molecule has 3 rings (SSSR count). The number of anilines is 2. The molecule has 1 saturated heterocycles. The summed E-state index contributed by atoms with van der Waals surface area (Å²) in [6.45, 7) is 12.4. The Labute approximate surface area is 177 Å². The van der Waals surface area contributed by atoms with Crippen LogP contribution < -0.4 is 10.2 Å². The zero-order valence-electron chi connectivity index (χ0n) is 17.5. The first-order chi connectivity index (χ1) is 13.6. The minimum absolute atomic E-state index is 0.0796. The minimum Gasteiger partial charge on any atom is -0.373 e. The molecular weight excluding hydrogens is 388 g/mol. The maximum atomic E-state index is 11.6. The van der Waals surface area contributed by atoms with E-state index in [1.165, 1.54) is 0 Å². The maximum Gasteiger partial charge on any atom is 0.292 e. The number of nitro benzene ring substituents is 1. The fourth-order valence-electron chi connectivity index (χ4n) is 3.72. The van der Waals surface area contributed by atoms with Gasteiger partial charge in [-0.05, 0) is 57.5 Å². The molecular formula is C22H29ClN4O2. The smallest absolute Gasteiger partial charge is 0.292 e. The predicted molar refractivity (Wildman–Crippen MR) is 120 cm³/mol. The van der Waals surface area contributed by atoms with Crippen LogP contribution in [0.25, 0.3) is 0 Å². The first kappa shape index (κ1) is 21.4. The van der Waals surface area contributed by atoms with Gasteiger partial charge in [-0.15, -0.1) is 0 Å². The van der Waals surface area contributed by atoms with Crippen molar-refractivity contribution in [2.75, 3.05) is 36.4 Å². The molecule has 0 amide bonds. The van der Waals surface area contributed by atoms with Crippen LogP contribution in [0, 0.1) is 10.1 Å². The van der Waals surface area contributed by atoms with Crippen molar-refractivity contribution in [3.8, 4) is 0 Å². The molecule has 2 aromatic carbocycles. The second-order valence-corrected chi connectivity index (χ2v) is 8.96. The van der Waals surface area contributed by atoms with Crippen molar-refractivity contribution in [3.05, 3.63) is 63.2 Å². The maximum absolute atomic E-state index is 11.6. The van der Waals surface area contributed by atoms with E-state index in [0.29, 0.717) is 10.7 Å². The van der Waals surface area contributed by atoms with E-state index in [1.807, 2.05) is 43.3 Å². The van der Waals surface area contributed by atoms with E-state index >= 15 is 0 Å². The lowest BCUT2D eigenvalue weighted by Crippen LogP contribution is -2.53. The number of hydrogen-bond donors (Lipinski definition) is 1. The van der Waals surface area contributed by atoms with Crippen LogP contribution in [0.2, 0.25) is 5.02 Å². The van der Waals surface area contributed by atoms with Gasteiger partial charge in [0, 0.05) is 54.5 Å². The molecule has 156 valence electrons. The summed E-state index contributed by atoms with van der Waals surface area (Å²) in [7, 11) is 0. The first-order valence-electron chi connectivity index (χ1n) is 9.95. The van der Waals surface area contributed by atoms with Gasteiger partial charge < -0.3 is 10.2 Å². The molecule has 0 saturated carbocycles. The molecule has 2 aromatic rings. The molecule has 1 fully saturated rings. The Hall–Kier alpha value is -2.31. The third-order valence-corrected chi connectivity index (χ3v) is 5.73. The van der Waals surface area contributed by atoms with Crippen LogP contribution in [-0.4, -0.2) is 41.5 Å². The number of hydrogen-bond acceptors (Lipinski definition) is 5. The fourth-order valence-corrected chi connectivity index (χ4v) is 3.92. The third kappa shape index (κ3) is 5.19. The molecule has 7 heteroatoms. The average Bonchev–Trinajstić information content (AvgIpc) is 2.67. The molecule has 1 N–H and O–H groups in total. The van der Waals surface area contributed by atoms with Gasteiger partial charge in [0.05, 0.1) is 4.92 Å². The molecule has 0 aliphatic carbocycles. The van der Waals surface area contributed by atoms with E-state index < -0.39 is 0 Å². The Morgan fingerprint density at radius 3 is 2.38 bits per heavy atom. The van der Waals surface area contributed by atoms with Crippen molar-refractivity contribution >= 4 is 28.7 Å². The van der Waals surface area contributed by atoms with E-state index in [2.05, 4.69) is 35.9 Å². The van der Waals surface area contributed by atoms with E-state index in [9.17, 15) is 10.1 Å². The average molecular weight is 417 g/mol.